The highest BCUT2D eigenvalue weighted by molar-refractivity contribution is 5.92. The lowest BCUT2D eigenvalue weighted by atomic mass is 10.2. The van der Waals surface area contributed by atoms with Crippen LogP contribution in [0, 0.1) is 5.82 Å². The smallest absolute Gasteiger partial charge is 0.267 e. The summed E-state index contributed by atoms with van der Waals surface area (Å²) in [7, 11) is 0. The van der Waals surface area contributed by atoms with E-state index in [2.05, 4.69) is 10.3 Å². The van der Waals surface area contributed by atoms with Gasteiger partial charge >= 0.3 is 0 Å². The van der Waals surface area contributed by atoms with Crippen LogP contribution in [0.25, 0.3) is 0 Å². The van der Waals surface area contributed by atoms with Crippen molar-refractivity contribution in [2.24, 2.45) is 0 Å². The van der Waals surface area contributed by atoms with E-state index in [4.69, 9.17) is 4.74 Å². The molecule has 5 heteroatoms. The van der Waals surface area contributed by atoms with Crippen molar-refractivity contribution in [2.75, 3.05) is 0 Å². The molecule has 3 aromatic rings. The van der Waals surface area contributed by atoms with E-state index in [1.165, 1.54) is 12.1 Å². The number of hydrogen-bond acceptors (Lipinski definition) is 2. The third-order valence-corrected chi connectivity index (χ3v) is 3.51. The van der Waals surface area contributed by atoms with E-state index in [0.29, 0.717) is 24.6 Å². The fraction of sp³-hybridized carbons (Fsp3) is 0.105. The van der Waals surface area contributed by atoms with Crippen LogP contribution in [0.1, 0.15) is 21.6 Å². The predicted octanol–water partition coefficient (Wildman–Crippen LogP) is 3.66. The maximum absolute atomic E-state index is 13.1. The predicted molar refractivity (Wildman–Crippen MR) is 89.1 cm³/mol. The fourth-order valence-corrected chi connectivity index (χ4v) is 2.25. The van der Waals surface area contributed by atoms with Crippen LogP contribution >= 0.6 is 0 Å². The highest BCUT2D eigenvalue weighted by Crippen LogP contribution is 2.15. The van der Waals surface area contributed by atoms with Gasteiger partial charge in [-0.15, -0.1) is 0 Å². The van der Waals surface area contributed by atoms with Crippen LogP contribution in [0.4, 0.5) is 4.39 Å². The highest BCUT2D eigenvalue weighted by atomic mass is 19.1. The number of halogens is 1. The number of amides is 1. The number of carbonyl (C=O) groups is 1. The first-order valence-electron chi connectivity index (χ1n) is 7.58. The summed E-state index contributed by atoms with van der Waals surface area (Å²) in [6, 6.07) is 17.2. The topological polar surface area (TPSA) is 54.1 Å². The minimum Gasteiger partial charge on any atom is -0.489 e. The quantitative estimate of drug-likeness (QED) is 0.727. The second kappa shape index (κ2) is 7.46. The van der Waals surface area contributed by atoms with Crippen molar-refractivity contribution in [3.05, 3.63) is 89.5 Å². The summed E-state index contributed by atoms with van der Waals surface area (Å²) in [6.07, 6.45) is 1.71. The number of benzene rings is 2. The summed E-state index contributed by atoms with van der Waals surface area (Å²) >= 11 is 0. The Hall–Kier alpha value is -3.08. The van der Waals surface area contributed by atoms with Gasteiger partial charge in [-0.1, -0.05) is 24.3 Å². The second-order valence-electron chi connectivity index (χ2n) is 5.33. The van der Waals surface area contributed by atoms with Gasteiger partial charge in [0.05, 0.1) is 0 Å². The van der Waals surface area contributed by atoms with Gasteiger partial charge in [0.2, 0.25) is 0 Å². The SMILES string of the molecule is O=C(NCc1ccc(OCc2cccc(F)c2)cc1)c1ccc[nH]1. The molecule has 0 atom stereocenters. The summed E-state index contributed by atoms with van der Waals surface area (Å²) in [5, 5.41) is 2.83. The van der Waals surface area contributed by atoms with Gasteiger partial charge in [0.25, 0.3) is 5.91 Å². The molecule has 0 bridgehead atoms. The van der Waals surface area contributed by atoms with Crippen LogP contribution in [-0.4, -0.2) is 10.9 Å². The van der Waals surface area contributed by atoms with Crippen LogP contribution in [0.5, 0.6) is 5.75 Å². The number of H-pyrrole nitrogens is 1. The first-order valence-corrected chi connectivity index (χ1v) is 7.58. The zero-order chi connectivity index (χ0) is 16.8. The average Bonchev–Trinajstić information content (AvgIpc) is 3.13. The van der Waals surface area contributed by atoms with Crippen LogP contribution in [0.3, 0.4) is 0 Å². The normalized spacial score (nSPS) is 10.4. The summed E-state index contributed by atoms with van der Waals surface area (Å²) in [6.45, 7) is 0.739. The second-order valence-corrected chi connectivity index (χ2v) is 5.33. The number of nitrogens with one attached hydrogen (secondary N) is 2. The molecule has 0 aliphatic rings. The number of ether oxygens (including phenoxy) is 1. The molecule has 3 rings (SSSR count). The van der Waals surface area contributed by atoms with Gasteiger partial charge in [-0.3, -0.25) is 4.79 Å². The Morgan fingerprint density at radius 1 is 1.04 bits per heavy atom. The molecule has 0 saturated carbocycles. The van der Waals surface area contributed by atoms with E-state index in [9.17, 15) is 9.18 Å². The van der Waals surface area contributed by atoms with Crippen LogP contribution in [-0.2, 0) is 13.2 Å². The summed E-state index contributed by atoms with van der Waals surface area (Å²) in [5.74, 6) is 0.273. The molecule has 0 saturated heterocycles. The molecule has 4 nitrogen and oxygen atoms in total. The molecule has 0 fully saturated rings. The Morgan fingerprint density at radius 3 is 2.58 bits per heavy atom. The monoisotopic (exact) mass is 324 g/mol. The number of carbonyl (C=O) groups excluding carboxylic acids is 1. The largest absolute Gasteiger partial charge is 0.489 e. The lowest BCUT2D eigenvalue weighted by Crippen LogP contribution is -2.22. The Kier molecular flexibility index (Phi) is 4.91. The lowest BCUT2D eigenvalue weighted by molar-refractivity contribution is 0.0946. The van der Waals surface area contributed by atoms with Crippen molar-refractivity contribution < 1.29 is 13.9 Å². The molecule has 2 N–H and O–H groups in total. The molecule has 0 spiro atoms. The molecule has 0 radical (unpaired) electrons. The molecule has 1 heterocycles. The average molecular weight is 324 g/mol. The minimum absolute atomic E-state index is 0.147. The third-order valence-electron chi connectivity index (χ3n) is 3.51. The molecular weight excluding hydrogens is 307 g/mol. The summed E-state index contributed by atoms with van der Waals surface area (Å²) in [4.78, 5) is 14.7. The Labute approximate surface area is 139 Å². The van der Waals surface area contributed by atoms with Gasteiger partial charge in [-0.25, -0.2) is 4.39 Å². The van der Waals surface area contributed by atoms with Crippen molar-refractivity contribution >= 4 is 5.91 Å². The Morgan fingerprint density at radius 2 is 1.88 bits per heavy atom. The van der Waals surface area contributed by atoms with Gasteiger partial charge < -0.3 is 15.0 Å². The van der Waals surface area contributed by atoms with Crippen molar-refractivity contribution in [2.45, 2.75) is 13.2 Å². The van der Waals surface area contributed by atoms with Crippen molar-refractivity contribution in [3.63, 3.8) is 0 Å². The number of aromatic nitrogens is 1. The van der Waals surface area contributed by atoms with Crippen molar-refractivity contribution in [3.8, 4) is 5.75 Å². The Bertz CT molecular complexity index is 798. The maximum Gasteiger partial charge on any atom is 0.267 e. The van der Waals surface area contributed by atoms with E-state index in [1.54, 1.807) is 24.4 Å². The zero-order valence-corrected chi connectivity index (χ0v) is 13.0. The van der Waals surface area contributed by atoms with Crippen molar-refractivity contribution in [1.29, 1.82) is 0 Å². The van der Waals surface area contributed by atoms with Crippen LogP contribution in [0.2, 0.25) is 0 Å². The van der Waals surface area contributed by atoms with E-state index >= 15 is 0 Å². The molecule has 2 aromatic carbocycles. The molecule has 0 unspecified atom stereocenters. The van der Waals surface area contributed by atoms with Gasteiger partial charge in [-0.05, 0) is 47.5 Å². The number of rotatable bonds is 6. The molecule has 1 aromatic heterocycles. The zero-order valence-electron chi connectivity index (χ0n) is 13.0. The van der Waals surface area contributed by atoms with E-state index < -0.39 is 0 Å². The van der Waals surface area contributed by atoms with Gasteiger partial charge in [0.15, 0.2) is 0 Å². The lowest BCUT2D eigenvalue weighted by Gasteiger charge is -2.08. The molecule has 24 heavy (non-hydrogen) atoms. The third kappa shape index (κ3) is 4.23. The van der Waals surface area contributed by atoms with Gasteiger partial charge in [0, 0.05) is 12.7 Å². The molecular formula is C19H17FN2O2. The van der Waals surface area contributed by atoms with Crippen molar-refractivity contribution in [1.82, 2.24) is 10.3 Å². The molecule has 0 aliphatic carbocycles. The fourth-order valence-electron chi connectivity index (χ4n) is 2.25. The molecule has 1 amide bonds. The molecule has 122 valence electrons. The maximum atomic E-state index is 13.1. The van der Waals surface area contributed by atoms with Crippen LogP contribution < -0.4 is 10.1 Å². The van der Waals surface area contributed by atoms with Crippen LogP contribution in [0.15, 0.2) is 66.9 Å². The van der Waals surface area contributed by atoms with E-state index in [-0.39, 0.29) is 11.7 Å². The standard InChI is InChI=1S/C19H17FN2O2/c20-16-4-1-3-15(11-16)13-24-17-8-6-14(7-9-17)12-22-19(23)18-5-2-10-21-18/h1-11,21H,12-13H2,(H,22,23). The van der Waals surface area contributed by atoms with Gasteiger partial charge in [0.1, 0.15) is 23.9 Å². The first-order chi connectivity index (χ1) is 11.7. The number of hydrogen-bond donors (Lipinski definition) is 2. The van der Waals surface area contributed by atoms with E-state index in [0.717, 1.165) is 11.1 Å². The number of aromatic amines is 1. The van der Waals surface area contributed by atoms with Gasteiger partial charge in [-0.2, -0.15) is 0 Å². The molecule has 0 aliphatic heterocycles. The first kappa shape index (κ1) is 15.8. The summed E-state index contributed by atoms with van der Waals surface area (Å²) in [5.41, 5.74) is 2.27. The Balaban J connectivity index is 1.51. The summed E-state index contributed by atoms with van der Waals surface area (Å²) < 4.78 is 18.7. The highest BCUT2D eigenvalue weighted by Gasteiger charge is 2.05. The van der Waals surface area contributed by atoms with E-state index in [1.807, 2.05) is 30.3 Å². The minimum atomic E-state index is -0.274.